The van der Waals surface area contributed by atoms with Crippen molar-refractivity contribution in [2.75, 3.05) is 19.7 Å². The summed E-state index contributed by atoms with van der Waals surface area (Å²) in [4.78, 5) is 26.0. The molecule has 150 valence electrons. The van der Waals surface area contributed by atoms with E-state index in [2.05, 4.69) is 26.1 Å². The molecule has 3 amide bonds. The number of aromatic nitrogens is 3. The molecule has 9 heteroatoms. The van der Waals surface area contributed by atoms with E-state index in [0.29, 0.717) is 6.54 Å². The van der Waals surface area contributed by atoms with Gasteiger partial charge in [-0.15, -0.1) is 5.10 Å². The Morgan fingerprint density at radius 1 is 1.29 bits per heavy atom. The second-order valence-electron chi connectivity index (χ2n) is 7.06. The Hall–Kier alpha value is -2.94. The van der Waals surface area contributed by atoms with Crippen LogP contribution in [0, 0.1) is 12.8 Å². The van der Waals surface area contributed by atoms with Gasteiger partial charge in [-0.05, 0) is 44.2 Å². The Kier molecular flexibility index (Phi) is 5.93. The molecule has 2 aromatic rings. The topological polar surface area (TPSA) is 121 Å². The van der Waals surface area contributed by atoms with Crippen LogP contribution in [0.2, 0.25) is 0 Å². The van der Waals surface area contributed by atoms with Crippen molar-refractivity contribution in [3.8, 4) is 5.69 Å². The number of rotatable bonds is 8. The van der Waals surface area contributed by atoms with E-state index in [-0.39, 0.29) is 30.8 Å². The van der Waals surface area contributed by atoms with Crippen LogP contribution in [0.25, 0.3) is 5.69 Å². The molecule has 28 heavy (non-hydrogen) atoms. The number of para-hydroxylation sites is 1. The molecule has 0 aliphatic heterocycles. The number of nitrogens with one attached hydrogen (secondary N) is 3. The zero-order valence-corrected chi connectivity index (χ0v) is 16.1. The highest BCUT2D eigenvalue weighted by atomic mass is 16.3. The van der Waals surface area contributed by atoms with Gasteiger partial charge in [-0.3, -0.25) is 4.79 Å². The highest BCUT2D eigenvalue weighted by Gasteiger charge is 2.46. The van der Waals surface area contributed by atoms with Crippen LogP contribution in [0.1, 0.15) is 35.8 Å². The van der Waals surface area contributed by atoms with Gasteiger partial charge in [-0.25, -0.2) is 4.79 Å². The standard InChI is InChI=1S/C19H26N6O3/c1-3-20-18(28)23-19(12-26,14-8-9-14)11-21-17(27)15-10-22-25(24-15)16-7-5-4-6-13(16)2/h4-7,10,14,26H,3,8-9,11-12H2,1-2H3,(H,21,27)(H2,20,23,28). The van der Waals surface area contributed by atoms with E-state index in [9.17, 15) is 14.7 Å². The number of aryl methyl sites for hydroxylation is 1. The first-order valence-electron chi connectivity index (χ1n) is 9.42. The molecule has 1 unspecified atom stereocenters. The Balaban J connectivity index is 1.68. The Morgan fingerprint density at radius 3 is 2.68 bits per heavy atom. The smallest absolute Gasteiger partial charge is 0.315 e. The number of aliphatic hydroxyl groups excluding tert-OH is 1. The van der Waals surface area contributed by atoms with Gasteiger partial charge in [0, 0.05) is 13.1 Å². The average molecular weight is 386 g/mol. The Labute approximate surface area is 163 Å². The van der Waals surface area contributed by atoms with E-state index in [0.717, 1.165) is 24.1 Å². The Bertz CT molecular complexity index is 848. The lowest BCUT2D eigenvalue weighted by molar-refractivity contribution is 0.0899. The number of benzene rings is 1. The molecule has 3 rings (SSSR count). The van der Waals surface area contributed by atoms with E-state index < -0.39 is 11.4 Å². The number of amides is 3. The number of carbonyl (C=O) groups is 2. The van der Waals surface area contributed by atoms with Crippen LogP contribution >= 0.6 is 0 Å². The van der Waals surface area contributed by atoms with E-state index in [1.165, 1.54) is 11.0 Å². The lowest BCUT2D eigenvalue weighted by atomic mass is 9.94. The zero-order valence-electron chi connectivity index (χ0n) is 16.1. The first kappa shape index (κ1) is 19.8. The van der Waals surface area contributed by atoms with Crippen LogP contribution in [-0.4, -0.2) is 57.3 Å². The van der Waals surface area contributed by atoms with Crippen LogP contribution in [0.3, 0.4) is 0 Å². The molecule has 1 heterocycles. The molecule has 1 aliphatic rings. The summed E-state index contributed by atoms with van der Waals surface area (Å²) in [6, 6.07) is 7.25. The quantitative estimate of drug-likeness (QED) is 0.534. The van der Waals surface area contributed by atoms with Crippen LogP contribution < -0.4 is 16.0 Å². The van der Waals surface area contributed by atoms with Crippen molar-refractivity contribution in [2.45, 2.75) is 32.2 Å². The first-order chi connectivity index (χ1) is 13.5. The summed E-state index contributed by atoms with van der Waals surface area (Å²) in [5.41, 5.74) is 1.07. The third-order valence-electron chi connectivity index (χ3n) is 4.96. The maximum absolute atomic E-state index is 12.6. The molecule has 9 nitrogen and oxygen atoms in total. The summed E-state index contributed by atoms with van der Waals surface area (Å²) < 4.78 is 0. The summed E-state index contributed by atoms with van der Waals surface area (Å²) in [5, 5.41) is 26.6. The third-order valence-corrected chi connectivity index (χ3v) is 4.96. The van der Waals surface area contributed by atoms with E-state index in [4.69, 9.17) is 0 Å². The molecule has 1 aromatic heterocycles. The maximum Gasteiger partial charge on any atom is 0.315 e. The minimum atomic E-state index is -0.888. The number of aliphatic hydroxyl groups is 1. The van der Waals surface area contributed by atoms with Gasteiger partial charge in [0.05, 0.1) is 24.0 Å². The van der Waals surface area contributed by atoms with Crippen LogP contribution in [0.4, 0.5) is 4.79 Å². The monoisotopic (exact) mass is 386 g/mol. The number of hydrogen-bond donors (Lipinski definition) is 4. The average Bonchev–Trinajstić information content (AvgIpc) is 3.43. The minimum Gasteiger partial charge on any atom is -0.394 e. The van der Waals surface area contributed by atoms with Crippen molar-refractivity contribution in [3.05, 3.63) is 41.7 Å². The summed E-state index contributed by atoms with van der Waals surface area (Å²) >= 11 is 0. The molecule has 0 radical (unpaired) electrons. The second kappa shape index (κ2) is 8.39. The summed E-state index contributed by atoms with van der Waals surface area (Å²) in [5.74, 6) is -0.279. The van der Waals surface area contributed by atoms with Crippen LogP contribution in [0.5, 0.6) is 0 Å². The Morgan fingerprint density at radius 2 is 2.04 bits per heavy atom. The van der Waals surface area contributed by atoms with Gasteiger partial charge in [-0.2, -0.15) is 9.90 Å². The highest BCUT2D eigenvalue weighted by Crippen LogP contribution is 2.39. The molecule has 4 N–H and O–H groups in total. The molecule has 1 aromatic carbocycles. The van der Waals surface area contributed by atoms with Crippen molar-refractivity contribution < 1.29 is 14.7 Å². The van der Waals surface area contributed by atoms with Crippen molar-refractivity contribution in [1.29, 1.82) is 0 Å². The van der Waals surface area contributed by atoms with Gasteiger partial charge < -0.3 is 21.1 Å². The summed E-state index contributed by atoms with van der Waals surface area (Å²) in [7, 11) is 0. The molecule has 1 fully saturated rings. The second-order valence-corrected chi connectivity index (χ2v) is 7.06. The SMILES string of the molecule is CCNC(=O)NC(CO)(CNC(=O)c1cnn(-c2ccccc2C)n1)C1CC1. The van der Waals surface area contributed by atoms with Crippen molar-refractivity contribution >= 4 is 11.9 Å². The van der Waals surface area contributed by atoms with E-state index in [1.807, 2.05) is 38.1 Å². The van der Waals surface area contributed by atoms with Crippen LogP contribution in [-0.2, 0) is 0 Å². The van der Waals surface area contributed by atoms with Gasteiger partial charge in [-0.1, -0.05) is 18.2 Å². The van der Waals surface area contributed by atoms with Crippen molar-refractivity contribution in [1.82, 2.24) is 30.9 Å². The fourth-order valence-corrected chi connectivity index (χ4v) is 3.18. The number of nitrogens with zero attached hydrogens (tertiary/aromatic N) is 3. The fraction of sp³-hybridized carbons (Fsp3) is 0.474. The summed E-state index contributed by atoms with van der Waals surface area (Å²) in [6.45, 7) is 4.09. The molecular weight excluding hydrogens is 360 g/mol. The highest BCUT2D eigenvalue weighted by molar-refractivity contribution is 5.92. The zero-order chi connectivity index (χ0) is 20.1. The van der Waals surface area contributed by atoms with Crippen molar-refractivity contribution in [3.63, 3.8) is 0 Å². The lowest BCUT2D eigenvalue weighted by Gasteiger charge is -2.33. The van der Waals surface area contributed by atoms with Gasteiger partial charge in [0.25, 0.3) is 5.91 Å². The molecule has 0 bridgehead atoms. The predicted octanol–water partition coefficient (Wildman–Crippen LogP) is 0.766. The lowest BCUT2D eigenvalue weighted by Crippen LogP contribution is -2.61. The molecule has 1 aliphatic carbocycles. The van der Waals surface area contributed by atoms with E-state index in [1.54, 1.807) is 0 Å². The first-order valence-corrected chi connectivity index (χ1v) is 9.42. The minimum absolute atomic E-state index is 0.112. The number of urea groups is 1. The van der Waals surface area contributed by atoms with Gasteiger partial charge in [0.2, 0.25) is 0 Å². The van der Waals surface area contributed by atoms with Gasteiger partial charge >= 0.3 is 6.03 Å². The molecule has 0 spiro atoms. The molecule has 0 saturated heterocycles. The number of carbonyl (C=O) groups excluding carboxylic acids is 2. The van der Waals surface area contributed by atoms with Gasteiger partial charge in [0.15, 0.2) is 5.69 Å². The molecule has 1 saturated carbocycles. The van der Waals surface area contributed by atoms with Crippen LogP contribution in [0.15, 0.2) is 30.5 Å². The largest absolute Gasteiger partial charge is 0.394 e. The fourth-order valence-electron chi connectivity index (χ4n) is 3.18. The number of hydrogen-bond acceptors (Lipinski definition) is 5. The maximum atomic E-state index is 12.6. The van der Waals surface area contributed by atoms with Crippen molar-refractivity contribution in [2.24, 2.45) is 5.92 Å². The molecule has 1 atom stereocenters. The third kappa shape index (κ3) is 4.30. The summed E-state index contributed by atoms with van der Waals surface area (Å²) in [6.07, 6.45) is 3.19. The van der Waals surface area contributed by atoms with Gasteiger partial charge in [0.1, 0.15) is 0 Å². The molecular formula is C19H26N6O3. The predicted molar refractivity (Wildman–Crippen MR) is 103 cm³/mol. The normalized spacial score (nSPS) is 15.5. The van der Waals surface area contributed by atoms with E-state index >= 15 is 0 Å².